The second kappa shape index (κ2) is 8.47. The Balaban J connectivity index is 1.41. The summed E-state index contributed by atoms with van der Waals surface area (Å²) in [5.74, 6) is 0.906. The first-order chi connectivity index (χ1) is 13.7. The molecule has 0 bridgehead atoms. The molecule has 0 aliphatic carbocycles. The molecule has 4 aromatic rings. The van der Waals surface area contributed by atoms with Crippen LogP contribution in [0.4, 0.5) is 0 Å². The third kappa shape index (κ3) is 4.04. The van der Waals surface area contributed by atoms with Crippen LogP contribution in [-0.2, 0) is 12.8 Å². The molecule has 0 aliphatic heterocycles. The van der Waals surface area contributed by atoms with Gasteiger partial charge < -0.3 is 4.74 Å². The smallest absolute Gasteiger partial charge is 0.305 e. The molecule has 0 atom stereocenters. The fourth-order valence-electron chi connectivity index (χ4n) is 3.03. The molecule has 0 amide bonds. The van der Waals surface area contributed by atoms with Crippen LogP contribution in [0.3, 0.4) is 0 Å². The van der Waals surface area contributed by atoms with Crippen molar-refractivity contribution in [3.8, 4) is 5.75 Å². The molecule has 146 valence electrons. The van der Waals surface area contributed by atoms with Gasteiger partial charge in [-0.05, 0) is 30.5 Å². The molecule has 28 heavy (non-hydrogen) atoms. The molecule has 8 nitrogen and oxygen atoms in total. The summed E-state index contributed by atoms with van der Waals surface area (Å²) < 4.78 is 7.17. The fraction of sp³-hybridized carbons (Fsp3) is 0.421. The topological polar surface area (TPSA) is 98.1 Å². The van der Waals surface area contributed by atoms with E-state index in [2.05, 4.69) is 44.5 Å². The van der Waals surface area contributed by atoms with Gasteiger partial charge in [-0.2, -0.15) is 19.8 Å². The summed E-state index contributed by atoms with van der Waals surface area (Å²) in [5, 5.41) is 15.4. The number of benzene rings is 1. The summed E-state index contributed by atoms with van der Waals surface area (Å²) in [4.78, 5) is 17.2. The van der Waals surface area contributed by atoms with Crippen LogP contribution in [0.5, 0.6) is 5.75 Å². The number of hydrogen-bond acceptors (Lipinski definition) is 7. The van der Waals surface area contributed by atoms with E-state index >= 15 is 0 Å². The molecule has 0 saturated heterocycles. The van der Waals surface area contributed by atoms with Gasteiger partial charge in [0.2, 0.25) is 10.6 Å². The molecule has 0 aliphatic rings. The molecule has 1 aromatic carbocycles. The monoisotopic (exact) mass is 398 g/mol. The first-order valence-corrected chi connectivity index (χ1v) is 10.4. The van der Waals surface area contributed by atoms with E-state index in [1.54, 1.807) is 0 Å². The van der Waals surface area contributed by atoms with Crippen LogP contribution >= 0.6 is 11.3 Å². The van der Waals surface area contributed by atoms with Crippen molar-refractivity contribution in [2.45, 2.75) is 45.4 Å². The summed E-state index contributed by atoms with van der Waals surface area (Å²) in [7, 11) is 0. The van der Waals surface area contributed by atoms with E-state index in [0.29, 0.717) is 10.6 Å². The molecule has 1 N–H and O–H groups in total. The van der Waals surface area contributed by atoms with Gasteiger partial charge in [0.1, 0.15) is 10.8 Å². The lowest BCUT2D eigenvalue weighted by molar-refractivity contribution is 0.305. The van der Waals surface area contributed by atoms with E-state index in [1.165, 1.54) is 40.7 Å². The highest BCUT2D eigenvalue weighted by Crippen LogP contribution is 2.18. The SMILES string of the molecule is CCCCCCOc1cccc(CCc2nn3c(=O)c4n[nH]nc4nc3s2)c1. The summed E-state index contributed by atoms with van der Waals surface area (Å²) in [6.45, 7) is 2.96. The van der Waals surface area contributed by atoms with E-state index < -0.39 is 0 Å². The predicted octanol–water partition coefficient (Wildman–Crippen LogP) is 3.17. The minimum atomic E-state index is -0.297. The second-order valence-corrected chi connectivity index (χ2v) is 7.70. The number of nitrogens with zero attached hydrogens (tertiary/aromatic N) is 5. The van der Waals surface area contributed by atoms with Crippen molar-refractivity contribution in [2.75, 3.05) is 6.61 Å². The van der Waals surface area contributed by atoms with Gasteiger partial charge in [-0.15, -0.1) is 10.2 Å². The molecule has 4 rings (SSSR count). The van der Waals surface area contributed by atoms with Crippen LogP contribution in [0, 0.1) is 0 Å². The minimum absolute atomic E-state index is 0.207. The summed E-state index contributed by atoms with van der Waals surface area (Å²) >= 11 is 1.40. The van der Waals surface area contributed by atoms with Gasteiger partial charge in [0.05, 0.1) is 6.61 Å². The van der Waals surface area contributed by atoms with Crippen molar-refractivity contribution in [3.63, 3.8) is 0 Å². The van der Waals surface area contributed by atoms with Crippen LogP contribution in [0.1, 0.15) is 43.2 Å². The van der Waals surface area contributed by atoms with Crippen molar-refractivity contribution in [2.24, 2.45) is 0 Å². The molecular formula is C19H22N6O2S. The second-order valence-electron chi connectivity index (χ2n) is 6.66. The van der Waals surface area contributed by atoms with Crippen LogP contribution in [0.2, 0.25) is 0 Å². The Morgan fingerprint density at radius 3 is 3.00 bits per heavy atom. The number of aryl methyl sites for hydroxylation is 2. The van der Waals surface area contributed by atoms with E-state index in [4.69, 9.17) is 4.74 Å². The molecular weight excluding hydrogens is 376 g/mol. The zero-order valence-electron chi connectivity index (χ0n) is 15.7. The number of fused-ring (bicyclic) bond motifs is 2. The molecule has 0 radical (unpaired) electrons. The Labute approximate surface area is 165 Å². The molecule has 3 heterocycles. The quantitative estimate of drug-likeness (QED) is 0.435. The zero-order chi connectivity index (χ0) is 19.3. The molecule has 3 aromatic heterocycles. The molecule has 0 spiro atoms. The maximum absolute atomic E-state index is 12.4. The van der Waals surface area contributed by atoms with Gasteiger partial charge in [0.25, 0.3) is 0 Å². The average Bonchev–Trinajstić information content (AvgIpc) is 3.34. The fourth-order valence-corrected chi connectivity index (χ4v) is 3.91. The van der Waals surface area contributed by atoms with Crippen molar-refractivity contribution < 1.29 is 4.74 Å². The Hall–Kier alpha value is -2.81. The van der Waals surface area contributed by atoms with E-state index in [0.717, 1.165) is 36.6 Å². The van der Waals surface area contributed by atoms with Gasteiger partial charge >= 0.3 is 5.56 Å². The summed E-state index contributed by atoms with van der Waals surface area (Å²) in [5.41, 5.74) is 1.42. The lowest BCUT2D eigenvalue weighted by Gasteiger charge is -2.07. The van der Waals surface area contributed by atoms with Gasteiger partial charge in [-0.1, -0.05) is 49.7 Å². The molecule has 0 fully saturated rings. The van der Waals surface area contributed by atoms with E-state index in [-0.39, 0.29) is 11.1 Å². The predicted molar refractivity (Wildman–Crippen MR) is 108 cm³/mol. The third-order valence-corrected chi connectivity index (χ3v) is 5.49. The van der Waals surface area contributed by atoms with Crippen LogP contribution in [-0.4, -0.2) is 36.6 Å². The number of ether oxygens (including phenoxy) is 1. The van der Waals surface area contributed by atoms with Gasteiger partial charge in [0.15, 0.2) is 5.52 Å². The third-order valence-electron chi connectivity index (χ3n) is 4.52. The number of unbranched alkanes of at least 4 members (excludes halogenated alkanes) is 3. The number of hydrogen-bond donors (Lipinski definition) is 1. The Morgan fingerprint density at radius 1 is 1.18 bits per heavy atom. The van der Waals surface area contributed by atoms with Crippen LogP contribution < -0.4 is 10.3 Å². The standard InChI is InChI=1S/C19H22N6O2S/c1-2-3-4-5-11-27-14-8-6-7-13(12-14)9-10-15-23-25-18(26)16-17(22-24-21-16)20-19(25)28-15/h6-8,12H,2-5,9-11H2,1H3,(H,21,22,24). The highest BCUT2D eigenvalue weighted by atomic mass is 32.1. The van der Waals surface area contributed by atoms with Gasteiger partial charge in [-0.3, -0.25) is 4.79 Å². The van der Waals surface area contributed by atoms with Crippen molar-refractivity contribution >= 4 is 27.5 Å². The molecule has 0 unspecified atom stereocenters. The number of aromatic nitrogens is 6. The molecule has 9 heteroatoms. The lowest BCUT2D eigenvalue weighted by Crippen LogP contribution is -2.15. The Morgan fingerprint density at radius 2 is 2.11 bits per heavy atom. The first kappa shape index (κ1) is 18.5. The first-order valence-electron chi connectivity index (χ1n) is 9.55. The van der Waals surface area contributed by atoms with Crippen molar-refractivity contribution in [3.05, 3.63) is 45.2 Å². The van der Waals surface area contributed by atoms with Gasteiger partial charge in [0, 0.05) is 6.42 Å². The highest BCUT2D eigenvalue weighted by molar-refractivity contribution is 7.16. The summed E-state index contributed by atoms with van der Waals surface area (Å²) in [6.07, 6.45) is 6.32. The van der Waals surface area contributed by atoms with Crippen molar-refractivity contribution in [1.82, 2.24) is 30.0 Å². The van der Waals surface area contributed by atoms with Crippen molar-refractivity contribution in [1.29, 1.82) is 0 Å². The normalized spacial score (nSPS) is 11.5. The summed E-state index contributed by atoms with van der Waals surface area (Å²) in [6, 6.07) is 8.17. The van der Waals surface area contributed by atoms with Gasteiger partial charge in [-0.25, -0.2) is 0 Å². The molecule has 0 saturated carbocycles. The van der Waals surface area contributed by atoms with Crippen LogP contribution in [0.15, 0.2) is 29.1 Å². The van der Waals surface area contributed by atoms with E-state index in [9.17, 15) is 4.79 Å². The Kier molecular flexibility index (Phi) is 5.61. The average molecular weight is 398 g/mol. The largest absolute Gasteiger partial charge is 0.494 e. The number of aromatic amines is 1. The highest BCUT2D eigenvalue weighted by Gasteiger charge is 2.13. The van der Waals surface area contributed by atoms with E-state index in [1.807, 2.05) is 12.1 Å². The number of nitrogens with one attached hydrogen (secondary N) is 1. The minimum Gasteiger partial charge on any atom is -0.494 e. The lowest BCUT2D eigenvalue weighted by atomic mass is 10.1. The van der Waals surface area contributed by atoms with Crippen LogP contribution in [0.25, 0.3) is 16.1 Å². The Bertz CT molecular complexity index is 1130. The zero-order valence-corrected chi connectivity index (χ0v) is 16.5. The maximum Gasteiger partial charge on any atom is 0.305 e. The maximum atomic E-state index is 12.4. The number of H-pyrrole nitrogens is 1. The number of rotatable bonds is 9.